The van der Waals surface area contributed by atoms with E-state index in [1.54, 1.807) is 0 Å². The fraction of sp³-hybridized carbons (Fsp3) is 0.600. The molecule has 4 nitrogen and oxygen atoms in total. The summed E-state index contributed by atoms with van der Waals surface area (Å²) in [6.45, 7) is 3.28. The number of esters is 1. The van der Waals surface area contributed by atoms with Gasteiger partial charge in [0.2, 0.25) is 6.29 Å². The molecular formula is C10H14O4. The lowest BCUT2D eigenvalue weighted by molar-refractivity contribution is -0.180. The Kier molecular flexibility index (Phi) is 3.83. The SMILES string of the molecule is CCCC1OC(OC(C)=O)C=CC1=O. The quantitative estimate of drug-likeness (QED) is 0.639. The number of carbonyl (C=O) groups is 2. The molecule has 1 heterocycles. The second-order valence-corrected chi connectivity index (χ2v) is 3.15. The van der Waals surface area contributed by atoms with E-state index in [0.717, 1.165) is 6.42 Å². The summed E-state index contributed by atoms with van der Waals surface area (Å²) < 4.78 is 10.1. The normalized spacial score (nSPS) is 26.3. The van der Waals surface area contributed by atoms with Crippen molar-refractivity contribution in [2.24, 2.45) is 0 Å². The number of ether oxygens (including phenoxy) is 2. The predicted octanol–water partition coefficient (Wildman–Crippen LogP) is 1.20. The van der Waals surface area contributed by atoms with Gasteiger partial charge in [0.1, 0.15) is 6.10 Å². The molecule has 0 aromatic carbocycles. The van der Waals surface area contributed by atoms with Crippen LogP contribution in [0.2, 0.25) is 0 Å². The fourth-order valence-corrected chi connectivity index (χ4v) is 1.26. The van der Waals surface area contributed by atoms with E-state index in [4.69, 9.17) is 9.47 Å². The number of hydrogen-bond acceptors (Lipinski definition) is 4. The third kappa shape index (κ3) is 2.96. The summed E-state index contributed by atoms with van der Waals surface area (Å²) in [5.41, 5.74) is 0. The molecule has 0 amide bonds. The highest BCUT2D eigenvalue weighted by molar-refractivity contribution is 5.94. The zero-order chi connectivity index (χ0) is 10.6. The minimum absolute atomic E-state index is 0.0600. The van der Waals surface area contributed by atoms with Gasteiger partial charge in [-0.1, -0.05) is 13.3 Å². The number of ketones is 1. The van der Waals surface area contributed by atoms with Crippen molar-refractivity contribution in [3.05, 3.63) is 12.2 Å². The lowest BCUT2D eigenvalue weighted by Gasteiger charge is -2.23. The fourth-order valence-electron chi connectivity index (χ4n) is 1.26. The highest BCUT2D eigenvalue weighted by atomic mass is 16.7. The zero-order valence-corrected chi connectivity index (χ0v) is 8.36. The summed E-state index contributed by atoms with van der Waals surface area (Å²) in [6, 6.07) is 0. The molecule has 0 saturated heterocycles. The van der Waals surface area contributed by atoms with Gasteiger partial charge in [-0.2, -0.15) is 0 Å². The lowest BCUT2D eigenvalue weighted by atomic mass is 10.1. The third-order valence-electron chi connectivity index (χ3n) is 1.87. The number of hydrogen-bond donors (Lipinski definition) is 0. The Labute approximate surface area is 82.9 Å². The van der Waals surface area contributed by atoms with Crippen LogP contribution in [0.3, 0.4) is 0 Å². The maximum absolute atomic E-state index is 11.3. The molecule has 0 aliphatic carbocycles. The molecule has 0 bridgehead atoms. The highest BCUT2D eigenvalue weighted by Crippen LogP contribution is 2.14. The van der Waals surface area contributed by atoms with Crippen LogP contribution in [0.15, 0.2) is 12.2 Å². The maximum Gasteiger partial charge on any atom is 0.305 e. The van der Waals surface area contributed by atoms with E-state index in [1.165, 1.54) is 19.1 Å². The Morgan fingerprint density at radius 3 is 2.93 bits per heavy atom. The van der Waals surface area contributed by atoms with Gasteiger partial charge in [0, 0.05) is 6.92 Å². The number of rotatable bonds is 3. The van der Waals surface area contributed by atoms with Crippen molar-refractivity contribution in [2.45, 2.75) is 39.1 Å². The van der Waals surface area contributed by atoms with Gasteiger partial charge in [0.25, 0.3) is 0 Å². The van der Waals surface area contributed by atoms with E-state index in [0.29, 0.717) is 6.42 Å². The predicted molar refractivity (Wildman–Crippen MR) is 49.5 cm³/mol. The van der Waals surface area contributed by atoms with E-state index in [-0.39, 0.29) is 5.78 Å². The zero-order valence-electron chi connectivity index (χ0n) is 8.36. The van der Waals surface area contributed by atoms with Gasteiger partial charge in [0.05, 0.1) is 0 Å². The second kappa shape index (κ2) is 4.91. The number of carbonyl (C=O) groups excluding carboxylic acids is 2. The van der Waals surface area contributed by atoms with Gasteiger partial charge >= 0.3 is 5.97 Å². The van der Waals surface area contributed by atoms with Crippen molar-refractivity contribution in [2.75, 3.05) is 0 Å². The standard InChI is InChI=1S/C10H14O4/c1-3-4-9-8(12)5-6-10(14-9)13-7(2)11/h5-6,9-10H,3-4H2,1-2H3. The van der Waals surface area contributed by atoms with Gasteiger partial charge in [-0.15, -0.1) is 0 Å². The van der Waals surface area contributed by atoms with Crippen LogP contribution in [0.5, 0.6) is 0 Å². The molecule has 2 atom stereocenters. The largest absolute Gasteiger partial charge is 0.432 e. The lowest BCUT2D eigenvalue weighted by Crippen LogP contribution is -2.33. The molecular weight excluding hydrogens is 184 g/mol. The van der Waals surface area contributed by atoms with Crippen molar-refractivity contribution in [1.82, 2.24) is 0 Å². The summed E-state index contributed by atoms with van der Waals surface area (Å²) in [6.07, 6.45) is 3.21. The first-order valence-corrected chi connectivity index (χ1v) is 4.68. The first kappa shape index (κ1) is 10.9. The van der Waals surface area contributed by atoms with E-state index in [9.17, 15) is 9.59 Å². The highest BCUT2D eigenvalue weighted by Gasteiger charge is 2.25. The molecule has 0 saturated carbocycles. The molecule has 1 rings (SSSR count). The Balaban J connectivity index is 2.55. The van der Waals surface area contributed by atoms with Gasteiger partial charge in [-0.3, -0.25) is 9.59 Å². The van der Waals surface area contributed by atoms with Crippen LogP contribution >= 0.6 is 0 Å². The van der Waals surface area contributed by atoms with Crippen molar-refractivity contribution < 1.29 is 19.1 Å². The first-order valence-electron chi connectivity index (χ1n) is 4.68. The average molecular weight is 198 g/mol. The molecule has 1 aliphatic heterocycles. The monoisotopic (exact) mass is 198 g/mol. The first-order chi connectivity index (χ1) is 6.63. The smallest absolute Gasteiger partial charge is 0.305 e. The van der Waals surface area contributed by atoms with Crippen LogP contribution < -0.4 is 0 Å². The van der Waals surface area contributed by atoms with Crippen LogP contribution in [-0.2, 0) is 19.1 Å². The van der Waals surface area contributed by atoms with Crippen molar-refractivity contribution in [3.8, 4) is 0 Å². The topological polar surface area (TPSA) is 52.6 Å². The summed E-state index contributed by atoms with van der Waals surface area (Å²) in [7, 11) is 0. The summed E-state index contributed by atoms with van der Waals surface area (Å²) in [4.78, 5) is 21.9. The van der Waals surface area contributed by atoms with Crippen LogP contribution in [0, 0.1) is 0 Å². The molecule has 0 spiro atoms. The molecule has 0 aromatic heterocycles. The van der Waals surface area contributed by atoms with Gasteiger partial charge in [-0.25, -0.2) is 0 Å². The van der Waals surface area contributed by atoms with Crippen LogP contribution in [0.1, 0.15) is 26.7 Å². The molecule has 0 fully saturated rings. The van der Waals surface area contributed by atoms with Crippen LogP contribution in [0.25, 0.3) is 0 Å². The Hall–Kier alpha value is -1.16. The van der Waals surface area contributed by atoms with Crippen LogP contribution in [-0.4, -0.2) is 24.1 Å². The van der Waals surface area contributed by atoms with E-state index in [1.807, 2.05) is 6.92 Å². The van der Waals surface area contributed by atoms with E-state index >= 15 is 0 Å². The minimum atomic E-state index is -0.707. The minimum Gasteiger partial charge on any atom is -0.432 e. The van der Waals surface area contributed by atoms with Gasteiger partial charge < -0.3 is 9.47 Å². The van der Waals surface area contributed by atoms with E-state index < -0.39 is 18.4 Å². The molecule has 0 aromatic rings. The average Bonchev–Trinajstić information content (AvgIpc) is 2.10. The summed E-state index contributed by atoms with van der Waals surface area (Å²) >= 11 is 0. The third-order valence-corrected chi connectivity index (χ3v) is 1.87. The summed E-state index contributed by atoms with van der Waals surface area (Å²) in [5.74, 6) is -0.473. The van der Waals surface area contributed by atoms with Gasteiger partial charge in [0.15, 0.2) is 5.78 Å². The Morgan fingerprint density at radius 1 is 1.64 bits per heavy atom. The van der Waals surface area contributed by atoms with Crippen molar-refractivity contribution >= 4 is 11.8 Å². The van der Waals surface area contributed by atoms with Crippen molar-refractivity contribution in [1.29, 1.82) is 0 Å². The molecule has 0 N–H and O–H groups in total. The molecule has 78 valence electrons. The molecule has 4 heteroatoms. The van der Waals surface area contributed by atoms with E-state index in [2.05, 4.69) is 0 Å². The Morgan fingerprint density at radius 2 is 2.36 bits per heavy atom. The van der Waals surface area contributed by atoms with Crippen molar-refractivity contribution in [3.63, 3.8) is 0 Å². The maximum atomic E-state index is 11.3. The van der Waals surface area contributed by atoms with Crippen LogP contribution in [0.4, 0.5) is 0 Å². The molecule has 1 aliphatic rings. The summed E-state index contributed by atoms with van der Waals surface area (Å²) in [5, 5.41) is 0. The second-order valence-electron chi connectivity index (χ2n) is 3.15. The molecule has 0 radical (unpaired) electrons. The molecule has 14 heavy (non-hydrogen) atoms. The molecule has 2 unspecified atom stereocenters. The van der Waals surface area contributed by atoms with Gasteiger partial charge in [-0.05, 0) is 18.6 Å². The Bertz CT molecular complexity index is 257.